The van der Waals surface area contributed by atoms with Crippen molar-refractivity contribution in [3.05, 3.63) is 0 Å². The molecule has 40 valence electrons. The van der Waals surface area contributed by atoms with Gasteiger partial charge in [0, 0.05) is 0 Å². The first-order valence-electron chi connectivity index (χ1n) is 3.00. The maximum atomic E-state index is 1.50. The summed E-state index contributed by atoms with van der Waals surface area (Å²) in [5, 5.41) is 0. The van der Waals surface area contributed by atoms with Crippen molar-refractivity contribution in [1.82, 2.24) is 0 Å². The van der Waals surface area contributed by atoms with Gasteiger partial charge in [-0.15, -0.1) is 0 Å². The quantitative estimate of drug-likeness (QED) is 0.327. The van der Waals surface area contributed by atoms with Crippen LogP contribution >= 0.6 is 0 Å². The monoisotopic (exact) mass is 164 g/mol. The molecule has 1 saturated carbocycles. The Morgan fingerprint density at radius 1 is 0.500 bits per heavy atom. The molecule has 0 radical (unpaired) electrons. The zero-order chi connectivity index (χ0) is 4.24. The molecule has 1 rings (SSSR count). The first-order chi connectivity index (χ1) is 3.00. The summed E-state index contributed by atoms with van der Waals surface area (Å²) in [4.78, 5) is 0. The fourth-order valence-corrected chi connectivity index (χ4v) is 1.06. The predicted octanol–water partition coefficient (Wildman–Crippen LogP) is -3.43. The van der Waals surface area contributed by atoms with Crippen molar-refractivity contribution in [3.8, 4) is 0 Å². The first kappa shape index (κ1) is 13.8. The van der Waals surface area contributed by atoms with Crippen LogP contribution in [-0.2, 0) is 0 Å². The Labute approximate surface area is 140 Å². The van der Waals surface area contributed by atoms with Crippen LogP contribution in [0.15, 0.2) is 0 Å². The molecule has 1 fully saturated rings. The van der Waals surface area contributed by atoms with Crippen molar-refractivity contribution in [1.29, 1.82) is 0 Å². The summed E-state index contributed by atoms with van der Waals surface area (Å²) in [6.07, 6.45) is 9.00. The van der Waals surface area contributed by atoms with Crippen molar-refractivity contribution >= 4 is 0 Å². The molecule has 0 amide bonds. The number of rotatable bonds is 0. The standard InChI is InChI=1S/C6H12.2K.2H/c1-2-4-6-5-3-1;;;;/h1-6H2;;;;/q;2*+1;2*-1. The van der Waals surface area contributed by atoms with Crippen molar-refractivity contribution in [2.24, 2.45) is 0 Å². The minimum Gasteiger partial charge on any atom is -1.00 e. The van der Waals surface area contributed by atoms with Crippen LogP contribution in [0.5, 0.6) is 0 Å². The first-order valence-corrected chi connectivity index (χ1v) is 3.00. The van der Waals surface area contributed by atoms with Crippen LogP contribution in [0.1, 0.15) is 41.4 Å². The van der Waals surface area contributed by atoms with Gasteiger partial charge in [-0.25, -0.2) is 0 Å². The van der Waals surface area contributed by atoms with Gasteiger partial charge in [-0.2, -0.15) is 0 Å². The third-order valence-electron chi connectivity index (χ3n) is 1.50. The van der Waals surface area contributed by atoms with E-state index in [0.29, 0.717) is 0 Å². The van der Waals surface area contributed by atoms with Gasteiger partial charge in [-0.1, -0.05) is 38.5 Å². The molecule has 8 heavy (non-hydrogen) atoms. The molecule has 0 aliphatic heterocycles. The van der Waals surface area contributed by atoms with Crippen LogP contribution in [0.2, 0.25) is 0 Å². The molecule has 2 heteroatoms. The van der Waals surface area contributed by atoms with Gasteiger partial charge >= 0.3 is 103 Å². The van der Waals surface area contributed by atoms with Crippen molar-refractivity contribution < 1.29 is 106 Å². The second-order valence-electron chi connectivity index (χ2n) is 2.12. The van der Waals surface area contributed by atoms with Gasteiger partial charge in [0.25, 0.3) is 0 Å². The summed E-state index contributed by atoms with van der Waals surface area (Å²) in [5.74, 6) is 0. The Balaban J connectivity index is -0.0000000450. The van der Waals surface area contributed by atoms with Crippen molar-refractivity contribution in [2.45, 2.75) is 38.5 Å². The summed E-state index contributed by atoms with van der Waals surface area (Å²) in [7, 11) is 0. The van der Waals surface area contributed by atoms with E-state index >= 15 is 0 Å². The van der Waals surface area contributed by atoms with E-state index in [0.717, 1.165) is 0 Å². The molecule has 0 bridgehead atoms. The predicted molar refractivity (Wildman–Crippen MR) is 29.9 cm³/mol. The van der Waals surface area contributed by atoms with E-state index < -0.39 is 0 Å². The number of hydrogen-bond donors (Lipinski definition) is 0. The Kier molecular flexibility index (Phi) is 17.8. The van der Waals surface area contributed by atoms with Gasteiger partial charge in [0.2, 0.25) is 0 Å². The van der Waals surface area contributed by atoms with Gasteiger partial charge in [0.15, 0.2) is 0 Å². The van der Waals surface area contributed by atoms with Crippen molar-refractivity contribution in [2.75, 3.05) is 0 Å². The minimum absolute atomic E-state index is 0. The van der Waals surface area contributed by atoms with E-state index in [9.17, 15) is 0 Å². The molecular formula is C6H14K2. The van der Waals surface area contributed by atoms with Crippen LogP contribution in [0.4, 0.5) is 0 Å². The average Bonchev–Trinajstić information content (AvgIpc) is 1.72. The SMILES string of the molecule is C1CCCCC1.[H-].[H-].[K+].[K+]. The Hall–Kier alpha value is 3.27. The zero-order valence-electron chi connectivity index (χ0n) is 8.24. The molecule has 0 atom stereocenters. The molecule has 0 unspecified atom stereocenters. The Bertz CT molecular complexity index is 29.2. The molecule has 0 aromatic carbocycles. The van der Waals surface area contributed by atoms with E-state index in [1.54, 1.807) is 0 Å². The minimum atomic E-state index is 0. The van der Waals surface area contributed by atoms with Gasteiger partial charge < -0.3 is 2.85 Å². The second kappa shape index (κ2) is 10.3. The Morgan fingerprint density at radius 3 is 0.750 bits per heavy atom. The largest absolute Gasteiger partial charge is 1.00 e. The molecule has 0 spiro atoms. The Morgan fingerprint density at radius 2 is 0.625 bits per heavy atom. The topological polar surface area (TPSA) is 0 Å². The van der Waals surface area contributed by atoms with E-state index in [1.165, 1.54) is 38.5 Å². The second-order valence-corrected chi connectivity index (χ2v) is 2.12. The summed E-state index contributed by atoms with van der Waals surface area (Å²) in [6.45, 7) is 0. The molecule has 0 heterocycles. The van der Waals surface area contributed by atoms with E-state index in [1.807, 2.05) is 0 Å². The van der Waals surface area contributed by atoms with Gasteiger partial charge in [0.1, 0.15) is 0 Å². The summed E-state index contributed by atoms with van der Waals surface area (Å²) >= 11 is 0. The molecule has 0 nitrogen and oxygen atoms in total. The van der Waals surface area contributed by atoms with Crippen LogP contribution in [0.25, 0.3) is 0 Å². The normalized spacial score (nSPS) is 18.0. The maximum absolute atomic E-state index is 1.50. The third kappa shape index (κ3) is 7.38. The van der Waals surface area contributed by atoms with Crippen LogP contribution < -0.4 is 103 Å². The zero-order valence-corrected chi connectivity index (χ0v) is 12.5. The molecule has 0 aromatic rings. The fourth-order valence-electron chi connectivity index (χ4n) is 1.06. The number of hydrogen-bond acceptors (Lipinski definition) is 0. The molecule has 1 aliphatic rings. The van der Waals surface area contributed by atoms with Crippen LogP contribution in [-0.4, -0.2) is 0 Å². The average molecular weight is 164 g/mol. The summed E-state index contributed by atoms with van der Waals surface area (Å²) < 4.78 is 0. The van der Waals surface area contributed by atoms with Crippen molar-refractivity contribution in [3.63, 3.8) is 0 Å². The van der Waals surface area contributed by atoms with E-state index in [4.69, 9.17) is 0 Å². The van der Waals surface area contributed by atoms with Gasteiger partial charge in [-0.3, -0.25) is 0 Å². The molecular weight excluding hydrogens is 150 g/mol. The fraction of sp³-hybridized carbons (Fsp3) is 1.00. The third-order valence-corrected chi connectivity index (χ3v) is 1.50. The van der Waals surface area contributed by atoms with E-state index in [2.05, 4.69) is 0 Å². The summed E-state index contributed by atoms with van der Waals surface area (Å²) in [5.41, 5.74) is 0. The molecule has 0 saturated heterocycles. The van der Waals surface area contributed by atoms with Gasteiger partial charge in [0.05, 0.1) is 0 Å². The van der Waals surface area contributed by atoms with Gasteiger partial charge in [-0.05, 0) is 0 Å². The molecule has 0 aromatic heterocycles. The smallest absolute Gasteiger partial charge is 1.00 e. The maximum Gasteiger partial charge on any atom is 1.00 e. The molecule has 1 aliphatic carbocycles. The van der Waals surface area contributed by atoms with Crippen LogP contribution in [0, 0.1) is 0 Å². The molecule has 0 N–H and O–H groups in total. The van der Waals surface area contributed by atoms with Crippen LogP contribution in [0.3, 0.4) is 0 Å². The summed E-state index contributed by atoms with van der Waals surface area (Å²) in [6, 6.07) is 0. The van der Waals surface area contributed by atoms with E-state index in [-0.39, 0.29) is 106 Å².